The molecule has 0 bridgehead atoms. The van der Waals surface area contributed by atoms with Crippen molar-refractivity contribution in [3.8, 4) is 0 Å². The van der Waals surface area contributed by atoms with Gasteiger partial charge in [-0.2, -0.15) is 0 Å². The largest absolute Gasteiger partial charge is 0.477 e. The Morgan fingerprint density at radius 1 is 1.52 bits per heavy atom. The van der Waals surface area contributed by atoms with Gasteiger partial charge in [0.1, 0.15) is 5.70 Å². The molecule has 0 aromatic carbocycles. The Bertz CT molecular complexity index is 648. The molecule has 3 N–H and O–H groups in total. The van der Waals surface area contributed by atoms with E-state index in [2.05, 4.69) is 0 Å². The van der Waals surface area contributed by atoms with E-state index in [1.807, 2.05) is 0 Å². The number of hydrogen-bond donors (Lipinski definition) is 3. The Hall–Kier alpha value is -1.70. The monoisotopic (exact) mass is 309 g/mol. The summed E-state index contributed by atoms with van der Waals surface area (Å²) >= 11 is 1.32. The van der Waals surface area contributed by atoms with E-state index < -0.39 is 18.0 Å². The number of carboxylic acid groups (broad SMARTS) is 1. The third-order valence-corrected chi connectivity index (χ3v) is 5.18. The minimum absolute atomic E-state index is 0.00763. The van der Waals surface area contributed by atoms with Crippen LogP contribution < -0.4 is 0 Å². The number of rotatable bonds is 4. The minimum atomic E-state index is -1.14. The number of aliphatic hydroxyl groups excluding tert-OH is 2. The lowest BCUT2D eigenvalue weighted by Crippen LogP contribution is -2.61. The smallest absolute Gasteiger partial charge is 0.352 e. The molecule has 0 unspecified atom stereocenters. The zero-order valence-corrected chi connectivity index (χ0v) is 12.1. The molecule has 0 saturated carbocycles. The molecule has 2 aliphatic rings. The van der Waals surface area contributed by atoms with Gasteiger partial charge in [-0.05, 0) is 25.5 Å². The summed E-state index contributed by atoms with van der Waals surface area (Å²) < 4.78 is 0. The molecule has 21 heavy (non-hydrogen) atoms. The van der Waals surface area contributed by atoms with Crippen molar-refractivity contribution in [1.82, 2.24) is 4.90 Å². The fourth-order valence-corrected chi connectivity index (χ4v) is 4.04. The number of β-lactam (4-membered cyclic amide) rings is 1. The highest BCUT2D eigenvalue weighted by molar-refractivity contribution is 7.13. The molecule has 3 atom stereocenters. The molecule has 1 aromatic rings. The van der Waals surface area contributed by atoms with Crippen LogP contribution in [0.25, 0.3) is 5.57 Å². The van der Waals surface area contributed by atoms with Crippen LogP contribution >= 0.6 is 11.3 Å². The number of hydrogen-bond acceptors (Lipinski definition) is 5. The number of aliphatic hydroxyl groups is 2. The number of amides is 1. The molecule has 3 rings (SSSR count). The van der Waals surface area contributed by atoms with Crippen molar-refractivity contribution in [3.05, 3.63) is 27.6 Å². The Labute approximate surface area is 124 Å². The third-order valence-electron chi connectivity index (χ3n) is 4.05. The zero-order chi connectivity index (χ0) is 15.3. The molecule has 1 aromatic heterocycles. The fraction of sp³-hybridized carbons (Fsp3) is 0.429. The lowest BCUT2D eigenvalue weighted by atomic mass is 9.83. The van der Waals surface area contributed by atoms with E-state index in [0.717, 1.165) is 9.75 Å². The predicted octanol–water partition coefficient (Wildman–Crippen LogP) is 0.648. The lowest BCUT2D eigenvalue weighted by Gasteiger charge is -2.44. The summed E-state index contributed by atoms with van der Waals surface area (Å²) in [4.78, 5) is 26.4. The van der Waals surface area contributed by atoms with E-state index in [4.69, 9.17) is 5.11 Å². The molecule has 1 fully saturated rings. The highest BCUT2D eigenvalue weighted by Crippen LogP contribution is 2.47. The first kappa shape index (κ1) is 14.2. The second-order valence-electron chi connectivity index (χ2n) is 5.30. The SMILES string of the molecule is C[C@@H](O)[C@H]1C(=O)N2C(C(=O)O)=C(c3ccc(CO)s3)C[C@H]12. The van der Waals surface area contributed by atoms with E-state index in [1.165, 1.54) is 16.2 Å². The fourth-order valence-electron chi connectivity index (χ4n) is 3.11. The number of nitrogens with zero attached hydrogens (tertiary/aromatic N) is 1. The molecular weight excluding hydrogens is 294 g/mol. The maximum absolute atomic E-state index is 12.1. The normalized spacial score (nSPS) is 25.9. The average molecular weight is 309 g/mol. The van der Waals surface area contributed by atoms with Gasteiger partial charge in [-0.15, -0.1) is 11.3 Å². The maximum atomic E-state index is 12.1. The first-order chi connectivity index (χ1) is 9.95. The second-order valence-corrected chi connectivity index (χ2v) is 6.47. The summed E-state index contributed by atoms with van der Waals surface area (Å²) in [7, 11) is 0. The molecular formula is C14H15NO5S. The van der Waals surface area contributed by atoms with Crippen molar-refractivity contribution in [2.24, 2.45) is 5.92 Å². The van der Waals surface area contributed by atoms with E-state index in [0.29, 0.717) is 12.0 Å². The van der Waals surface area contributed by atoms with Gasteiger partial charge >= 0.3 is 5.97 Å². The lowest BCUT2D eigenvalue weighted by molar-refractivity contribution is -0.161. The van der Waals surface area contributed by atoms with Gasteiger partial charge in [-0.1, -0.05) is 0 Å². The summed E-state index contributed by atoms with van der Waals surface area (Å²) in [5.74, 6) is -2.00. The van der Waals surface area contributed by atoms with E-state index in [9.17, 15) is 19.8 Å². The first-order valence-corrected chi connectivity index (χ1v) is 7.45. The first-order valence-electron chi connectivity index (χ1n) is 6.63. The predicted molar refractivity (Wildman–Crippen MR) is 75.2 cm³/mol. The van der Waals surface area contributed by atoms with Crippen LogP contribution in [0.5, 0.6) is 0 Å². The quantitative estimate of drug-likeness (QED) is 0.709. The van der Waals surface area contributed by atoms with Gasteiger partial charge in [0.05, 0.1) is 24.7 Å². The van der Waals surface area contributed by atoms with Crippen molar-refractivity contribution < 1.29 is 24.9 Å². The molecule has 7 heteroatoms. The molecule has 3 heterocycles. The molecule has 0 aliphatic carbocycles. The molecule has 0 spiro atoms. The van der Waals surface area contributed by atoms with Gasteiger partial charge in [0.25, 0.3) is 0 Å². The van der Waals surface area contributed by atoms with Crippen LogP contribution in [0.3, 0.4) is 0 Å². The molecule has 0 radical (unpaired) electrons. The van der Waals surface area contributed by atoms with Crippen LogP contribution in [0.2, 0.25) is 0 Å². The van der Waals surface area contributed by atoms with Gasteiger partial charge in [0.15, 0.2) is 0 Å². The Balaban J connectivity index is 2.00. The van der Waals surface area contributed by atoms with Crippen molar-refractivity contribution in [2.75, 3.05) is 0 Å². The van der Waals surface area contributed by atoms with Crippen LogP contribution in [0.15, 0.2) is 17.8 Å². The van der Waals surface area contributed by atoms with Crippen molar-refractivity contribution in [1.29, 1.82) is 0 Å². The van der Waals surface area contributed by atoms with Gasteiger partial charge in [0, 0.05) is 15.3 Å². The summed E-state index contributed by atoms with van der Waals surface area (Å²) in [5, 5.41) is 28.2. The molecule has 1 saturated heterocycles. The van der Waals surface area contributed by atoms with E-state index in [1.54, 1.807) is 19.1 Å². The van der Waals surface area contributed by atoms with Crippen molar-refractivity contribution in [2.45, 2.75) is 32.1 Å². The Kier molecular flexibility index (Phi) is 3.35. The van der Waals surface area contributed by atoms with E-state index in [-0.39, 0.29) is 24.3 Å². The number of carboxylic acids is 1. The van der Waals surface area contributed by atoms with Crippen molar-refractivity contribution in [3.63, 3.8) is 0 Å². The summed E-state index contributed by atoms with van der Waals surface area (Å²) in [6, 6.07) is 3.23. The molecule has 2 aliphatic heterocycles. The highest BCUT2D eigenvalue weighted by atomic mass is 32.1. The Morgan fingerprint density at radius 2 is 2.24 bits per heavy atom. The third kappa shape index (κ3) is 2.00. The zero-order valence-electron chi connectivity index (χ0n) is 11.3. The maximum Gasteiger partial charge on any atom is 0.352 e. The number of aliphatic carboxylic acids is 1. The van der Waals surface area contributed by atoms with Crippen LogP contribution in [0.4, 0.5) is 0 Å². The van der Waals surface area contributed by atoms with Gasteiger partial charge in [-0.3, -0.25) is 4.79 Å². The molecule has 1 amide bonds. The van der Waals surface area contributed by atoms with Crippen LogP contribution in [-0.2, 0) is 16.2 Å². The topological polar surface area (TPSA) is 98.1 Å². The van der Waals surface area contributed by atoms with Gasteiger partial charge < -0.3 is 20.2 Å². The Morgan fingerprint density at radius 3 is 2.76 bits per heavy atom. The number of thiophene rings is 1. The summed E-state index contributed by atoms with van der Waals surface area (Å²) in [5.41, 5.74) is 0.613. The van der Waals surface area contributed by atoms with Crippen LogP contribution in [0.1, 0.15) is 23.1 Å². The van der Waals surface area contributed by atoms with Crippen LogP contribution in [-0.4, -0.2) is 44.2 Å². The standard InChI is InChI=1S/C14H15NO5S/c1-6(17)11-9-4-8(10-3-2-7(5-16)21-10)12(14(19)20)15(9)13(11)18/h2-3,6,9,11,16-17H,4-5H2,1H3,(H,19,20)/t6-,9-,11-/m1/s1. The van der Waals surface area contributed by atoms with Crippen LogP contribution in [0, 0.1) is 5.92 Å². The second kappa shape index (κ2) is 4.94. The van der Waals surface area contributed by atoms with E-state index >= 15 is 0 Å². The molecule has 6 nitrogen and oxygen atoms in total. The minimum Gasteiger partial charge on any atom is -0.477 e. The highest BCUT2D eigenvalue weighted by Gasteiger charge is 2.56. The van der Waals surface area contributed by atoms with Gasteiger partial charge in [-0.25, -0.2) is 4.79 Å². The van der Waals surface area contributed by atoms with Crippen molar-refractivity contribution >= 4 is 28.8 Å². The average Bonchev–Trinajstić information content (AvgIpc) is 2.99. The summed E-state index contributed by atoms with van der Waals surface area (Å²) in [6.07, 6.45) is -0.363. The molecule has 112 valence electrons. The number of carbonyl (C=O) groups excluding carboxylic acids is 1. The van der Waals surface area contributed by atoms with Gasteiger partial charge in [0.2, 0.25) is 5.91 Å². The number of carbonyl (C=O) groups is 2. The number of fused-ring (bicyclic) bond motifs is 1. The summed E-state index contributed by atoms with van der Waals surface area (Å²) in [6.45, 7) is 1.45.